The van der Waals surface area contributed by atoms with Crippen molar-refractivity contribution in [2.24, 2.45) is 0 Å². The summed E-state index contributed by atoms with van der Waals surface area (Å²) in [6.07, 6.45) is -4.43. The number of benzene rings is 1. The Morgan fingerprint density at radius 2 is 1.62 bits per heavy atom. The molecule has 1 aromatic rings. The van der Waals surface area contributed by atoms with Crippen molar-refractivity contribution in [2.45, 2.75) is 6.18 Å². The van der Waals surface area contributed by atoms with Gasteiger partial charge in [0.05, 0.1) is 8.96 Å². The smallest absolute Gasteiger partial charge is 0.192 e. The Bertz CT molecular complexity index is 721. The van der Waals surface area contributed by atoms with E-state index in [1.165, 1.54) is 22.6 Å². The van der Waals surface area contributed by atoms with Crippen LogP contribution in [0.3, 0.4) is 0 Å². The van der Waals surface area contributed by atoms with E-state index in [1.54, 1.807) is 30.3 Å². The zero-order valence-corrected chi connectivity index (χ0v) is 15.4. The standard InChI is InChI=1S/C14H5Br2F3IN/c15-13(16)11-9(10(11)12(20)14(17,18)19)8(6-21)7-4-2-1-3-5-7/h1-5H/b9-8-,12-10+. The molecule has 1 saturated carbocycles. The quantitative estimate of drug-likeness (QED) is 0.312. The molecule has 0 spiro atoms. The van der Waals surface area contributed by atoms with Crippen LogP contribution in [0.5, 0.6) is 0 Å². The molecule has 1 aromatic carbocycles. The van der Waals surface area contributed by atoms with Gasteiger partial charge < -0.3 is 0 Å². The number of halogens is 6. The summed E-state index contributed by atoms with van der Waals surface area (Å²) in [5, 5.41) is 9.32. The average Bonchev–Trinajstić information content (AvgIpc) is 3.14. The summed E-state index contributed by atoms with van der Waals surface area (Å²) in [5.74, 6) is 0. The lowest BCUT2D eigenvalue weighted by molar-refractivity contribution is -0.0819. The molecule has 1 aliphatic rings. The molecular weight excluding hydrogens is 526 g/mol. The molecule has 0 atom stereocenters. The molecule has 0 amide bonds. The van der Waals surface area contributed by atoms with Gasteiger partial charge in [-0.05, 0) is 60.0 Å². The van der Waals surface area contributed by atoms with Gasteiger partial charge in [0.2, 0.25) is 0 Å². The van der Waals surface area contributed by atoms with Crippen molar-refractivity contribution in [2.75, 3.05) is 0 Å². The van der Waals surface area contributed by atoms with Gasteiger partial charge >= 0.3 is 6.18 Å². The number of rotatable bonds is 1. The van der Waals surface area contributed by atoms with Crippen LogP contribution in [0.2, 0.25) is 0 Å². The summed E-state index contributed by atoms with van der Waals surface area (Å²) in [7, 11) is 0. The number of nitrogens with zero attached hydrogens (tertiary/aromatic N) is 1. The molecule has 0 aromatic heterocycles. The van der Waals surface area contributed by atoms with Gasteiger partial charge in [-0.2, -0.15) is 18.4 Å². The van der Waals surface area contributed by atoms with Gasteiger partial charge in [-0.3, -0.25) is 0 Å². The zero-order chi connectivity index (χ0) is 15.8. The summed E-state index contributed by atoms with van der Waals surface area (Å²) < 4.78 is 38.4. The Balaban J connectivity index is 2.71. The first kappa shape index (κ1) is 16.8. The first-order chi connectivity index (χ1) is 9.79. The van der Waals surface area contributed by atoms with Crippen molar-refractivity contribution in [3.05, 3.63) is 59.6 Å². The van der Waals surface area contributed by atoms with Crippen LogP contribution >= 0.6 is 54.5 Å². The first-order valence-corrected chi connectivity index (χ1v) is 8.18. The van der Waals surface area contributed by atoms with Crippen LogP contribution in [0, 0.1) is 11.3 Å². The molecule has 0 aliphatic heterocycles. The van der Waals surface area contributed by atoms with Crippen LogP contribution in [0.1, 0.15) is 5.56 Å². The molecule has 108 valence electrons. The molecule has 0 bridgehead atoms. The maximum absolute atomic E-state index is 12.9. The Labute approximate surface area is 149 Å². The minimum absolute atomic E-state index is 0.0623. The summed E-state index contributed by atoms with van der Waals surface area (Å²) in [4.78, 5) is 0. The van der Waals surface area contributed by atoms with Crippen LogP contribution in [-0.4, -0.2) is 6.18 Å². The maximum atomic E-state index is 12.9. The van der Waals surface area contributed by atoms with Gasteiger partial charge in [0.15, 0.2) is 0 Å². The van der Waals surface area contributed by atoms with Crippen LogP contribution < -0.4 is 0 Å². The van der Waals surface area contributed by atoms with Gasteiger partial charge in [-0.1, -0.05) is 30.3 Å². The molecule has 0 radical (unpaired) electrons. The number of hydrogen-bond donors (Lipinski definition) is 0. The highest BCUT2D eigenvalue weighted by atomic mass is 127. The van der Waals surface area contributed by atoms with Crippen LogP contribution in [0.15, 0.2) is 54.0 Å². The third kappa shape index (κ3) is 3.43. The number of hydrogen-bond acceptors (Lipinski definition) is 1. The molecule has 1 nitrogen and oxygen atoms in total. The molecule has 2 rings (SSSR count). The number of alkyl halides is 3. The van der Waals surface area contributed by atoms with Crippen molar-refractivity contribution in [1.29, 1.82) is 5.26 Å². The van der Waals surface area contributed by atoms with E-state index in [2.05, 4.69) is 31.9 Å². The van der Waals surface area contributed by atoms with Crippen LogP contribution in [0.25, 0.3) is 5.57 Å². The van der Waals surface area contributed by atoms with Gasteiger partial charge in [0, 0.05) is 16.7 Å². The molecule has 0 N–H and O–H groups in total. The SMILES string of the molecule is N#C/C(=C1/C(=C(Br)Br)/C1=C(/I)C(F)(F)F)c1ccccc1. The number of allylic oxidation sites excluding steroid dienone is 5. The Morgan fingerprint density at radius 3 is 2.05 bits per heavy atom. The minimum Gasteiger partial charge on any atom is -0.192 e. The normalized spacial score (nSPS) is 19.0. The van der Waals surface area contributed by atoms with Crippen molar-refractivity contribution in [1.82, 2.24) is 0 Å². The predicted molar refractivity (Wildman–Crippen MR) is 91.0 cm³/mol. The molecule has 0 unspecified atom stereocenters. The minimum atomic E-state index is -4.43. The van der Waals surface area contributed by atoms with E-state index in [-0.39, 0.29) is 11.1 Å². The van der Waals surface area contributed by atoms with E-state index < -0.39 is 9.76 Å². The fraction of sp³-hybridized carbons (Fsp3) is 0.0714. The second-order valence-electron chi connectivity index (χ2n) is 4.05. The molecule has 1 aliphatic carbocycles. The van der Waals surface area contributed by atoms with E-state index in [4.69, 9.17) is 0 Å². The van der Waals surface area contributed by atoms with Gasteiger partial charge in [-0.25, -0.2) is 0 Å². The largest absolute Gasteiger partial charge is 0.422 e. The first-order valence-electron chi connectivity index (χ1n) is 5.52. The monoisotopic (exact) mass is 529 g/mol. The van der Waals surface area contributed by atoms with E-state index in [0.29, 0.717) is 20.1 Å². The molecule has 7 heteroatoms. The van der Waals surface area contributed by atoms with E-state index in [1.807, 2.05) is 6.07 Å². The summed E-state index contributed by atoms with van der Waals surface area (Å²) in [5.41, 5.74) is 1.60. The summed E-state index contributed by atoms with van der Waals surface area (Å²) in [6, 6.07) is 10.6. The topological polar surface area (TPSA) is 23.8 Å². The molecular formula is C14H5Br2F3IN. The highest BCUT2D eigenvalue weighted by molar-refractivity contribution is 14.1. The Morgan fingerprint density at radius 1 is 1.05 bits per heavy atom. The van der Waals surface area contributed by atoms with Gasteiger partial charge in [-0.15, -0.1) is 0 Å². The lowest BCUT2D eigenvalue weighted by Crippen LogP contribution is -2.06. The third-order valence-electron chi connectivity index (χ3n) is 2.77. The van der Waals surface area contributed by atoms with Crippen LogP contribution in [0.4, 0.5) is 13.2 Å². The Kier molecular flexibility index (Phi) is 5.00. The third-order valence-corrected chi connectivity index (χ3v) is 4.71. The highest BCUT2D eigenvalue weighted by Gasteiger charge is 2.46. The van der Waals surface area contributed by atoms with E-state index >= 15 is 0 Å². The highest BCUT2D eigenvalue weighted by Crippen LogP contribution is 2.58. The summed E-state index contributed by atoms with van der Waals surface area (Å²) >= 11 is 7.54. The van der Waals surface area contributed by atoms with Crippen LogP contribution in [-0.2, 0) is 0 Å². The fourth-order valence-corrected chi connectivity index (χ4v) is 3.19. The second-order valence-corrected chi connectivity index (χ2v) is 7.78. The molecule has 21 heavy (non-hydrogen) atoms. The van der Waals surface area contributed by atoms with Crippen molar-refractivity contribution >= 4 is 60.0 Å². The predicted octanol–water partition coefficient (Wildman–Crippen LogP) is 6.23. The lowest BCUT2D eigenvalue weighted by atomic mass is 10.1. The van der Waals surface area contributed by atoms with Gasteiger partial charge in [0.1, 0.15) is 9.65 Å². The molecule has 0 heterocycles. The Hall–Kier alpha value is -0.590. The second kappa shape index (κ2) is 6.26. The molecule has 1 fully saturated rings. The van der Waals surface area contributed by atoms with Crippen molar-refractivity contribution < 1.29 is 13.2 Å². The van der Waals surface area contributed by atoms with E-state index in [0.717, 1.165) is 0 Å². The average molecular weight is 531 g/mol. The fourth-order valence-electron chi connectivity index (χ4n) is 1.86. The van der Waals surface area contributed by atoms with Crippen molar-refractivity contribution in [3.8, 4) is 6.07 Å². The summed E-state index contributed by atoms with van der Waals surface area (Å²) in [6.45, 7) is 0. The number of nitriles is 1. The van der Waals surface area contributed by atoms with Gasteiger partial charge in [0.25, 0.3) is 0 Å². The molecule has 0 saturated heterocycles. The maximum Gasteiger partial charge on any atom is 0.422 e. The van der Waals surface area contributed by atoms with E-state index in [9.17, 15) is 18.4 Å². The lowest BCUT2D eigenvalue weighted by Gasteiger charge is -2.02. The van der Waals surface area contributed by atoms with Crippen molar-refractivity contribution in [3.63, 3.8) is 0 Å². The zero-order valence-electron chi connectivity index (χ0n) is 10.1.